The van der Waals surface area contributed by atoms with E-state index >= 15 is 0 Å². The first kappa shape index (κ1) is 23.6. The number of fused-ring (bicyclic) bond motifs is 4. The minimum atomic E-state index is -0.161. The molecule has 0 radical (unpaired) electrons. The Balaban J connectivity index is 1.65. The highest BCUT2D eigenvalue weighted by Crippen LogP contribution is 2.68. The van der Waals surface area contributed by atoms with Crippen LogP contribution in [-0.4, -0.2) is 23.4 Å². The number of allylic oxidation sites excluding steroid dienone is 3. The molecule has 0 bridgehead atoms. The van der Waals surface area contributed by atoms with Gasteiger partial charge in [0.15, 0.2) is 0 Å². The first-order valence-corrected chi connectivity index (χ1v) is 13.1. The Bertz CT molecular complexity index is 772. The molecule has 0 amide bonds. The zero-order valence-corrected chi connectivity index (χ0v) is 21.6. The molecule has 1 aliphatic heterocycles. The summed E-state index contributed by atoms with van der Waals surface area (Å²) >= 11 is 0. The van der Waals surface area contributed by atoms with E-state index in [1.165, 1.54) is 37.7 Å². The molecule has 0 aromatic heterocycles. The van der Waals surface area contributed by atoms with Gasteiger partial charge >= 0.3 is 0 Å². The van der Waals surface area contributed by atoms with E-state index in [-0.39, 0.29) is 27.9 Å². The molecule has 0 aromatic carbocycles. The third-order valence-corrected chi connectivity index (χ3v) is 11.0. The van der Waals surface area contributed by atoms with Crippen molar-refractivity contribution >= 4 is 0 Å². The Morgan fingerprint density at radius 1 is 1.06 bits per heavy atom. The van der Waals surface area contributed by atoms with Crippen molar-refractivity contribution in [1.82, 2.24) is 0 Å². The van der Waals surface area contributed by atoms with Crippen molar-refractivity contribution in [2.45, 2.75) is 118 Å². The molecule has 2 fully saturated rings. The summed E-state index contributed by atoms with van der Waals surface area (Å²) in [6.07, 6.45) is 11.6. The van der Waals surface area contributed by atoms with E-state index in [1.54, 1.807) is 11.1 Å². The van der Waals surface area contributed by atoms with Gasteiger partial charge in [0.05, 0.1) is 18.3 Å². The molecular weight excluding hydrogens is 380 g/mol. The molecule has 2 unspecified atom stereocenters. The molecular formula is C29H48O2. The smallest absolute Gasteiger partial charge is 0.0923 e. The first-order chi connectivity index (χ1) is 14.4. The fourth-order valence-corrected chi connectivity index (χ4v) is 8.66. The standard InChI is InChI=1S/C29H48O2/c1-19(2)10-9-11-20(3)23-18-31-29(8)22-12-13-24-26(4,5)25(30)15-16-27(24,6)21(22)14-17-28(23,29)7/h10,20,23-25,30H,9,11-18H2,1-8H3/t20-,23-,24?,25?,27-,28+,29+/m1/s1. The van der Waals surface area contributed by atoms with Gasteiger partial charge < -0.3 is 9.84 Å². The van der Waals surface area contributed by atoms with Crippen LogP contribution in [0.4, 0.5) is 0 Å². The molecule has 4 rings (SSSR count). The van der Waals surface area contributed by atoms with Gasteiger partial charge in [0.2, 0.25) is 0 Å². The number of hydrogen-bond acceptors (Lipinski definition) is 2. The molecule has 4 aliphatic rings. The lowest BCUT2D eigenvalue weighted by Gasteiger charge is -2.61. The SMILES string of the molecule is CC(C)=CCC[C@@H](C)[C@H]1CO[C@@]2(C)C3=C(CC[C@@]12C)[C@@]1(C)CCC(O)C(C)(C)C1CC3. The van der Waals surface area contributed by atoms with Crippen molar-refractivity contribution < 1.29 is 9.84 Å². The van der Waals surface area contributed by atoms with Crippen LogP contribution in [0, 0.1) is 34.0 Å². The lowest BCUT2D eigenvalue weighted by molar-refractivity contribution is -0.102. The molecule has 1 saturated heterocycles. The van der Waals surface area contributed by atoms with Crippen LogP contribution < -0.4 is 0 Å². The van der Waals surface area contributed by atoms with E-state index in [1.807, 2.05) is 0 Å². The van der Waals surface area contributed by atoms with Crippen LogP contribution in [0.1, 0.15) is 107 Å². The summed E-state index contributed by atoms with van der Waals surface area (Å²) in [4.78, 5) is 0. The van der Waals surface area contributed by atoms with Crippen molar-refractivity contribution in [2.24, 2.45) is 34.0 Å². The van der Waals surface area contributed by atoms with E-state index < -0.39 is 0 Å². The zero-order chi connectivity index (χ0) is 22.8. The van der Waals surface area contributed by atoms with Crippen LogP contribution in [0.15, 0.2) is 22.8 Å². The van der Waals surface area contributed by atoms with E-state index in [9.17, 15) is 5.11 Å². The number of hydrogen-bond donors (Lipinski definition) is 1. The second kappa shape index (κ2) is 7.73. The fourth-order valence-electron chi connectivity index (χ4n) is 8.66. The van der Waals surface area contributed by atoms with Crippen LogP contribution in [-0.2, 0) is 4.74 Å². The fraction of sp³-hybridized carbons (Fsp3) is 0.862. The summed E-state index contributed by atoms with van der Waals surface area (Å²) in [5.41, 5.74) is 5.19. The summed E-state index contributed by atoms with van der Waals surface area (Å²) < 4.78 is 6.85. The molecule has 31 heavy (non-hydrogen) atoms. The largest absolute Gasteiger partial charge is 0.393 e. The third-order valence-electron chi connectivity index (χ3n) is 11.0. The quantitative estimate of drug-likeness (QED) is 0.471. The van der Waals surface area contributed by atoms with Gasteiger partial charge in [-0.1, -0.05) is 51.8 Å². The van der Waals surface area contributed by atoms with E-state index in [2.05, 4.69) is 61.5 Å². The molecule has 1 saturated carbocycles. The number of rotatable bonds is 4. The highest BCUT2D eigenvalue weighted by molar-refractivity contribution is 5.40. The number of aliphatic hydroxyl groups excluding tert-OH is 1. The summed E-state index contributed by atoms with van der Waals surface area (Å²) in [5.74, 6) is 1.92. The Kier molecular flexibility index (Phi) is 5.87. The van der Waals surface area contributed by atoms with Gasteiger partial charge in [-0.3, -0.25) is 0 Å². The van der Waals surface area contributed by atoms with Crippen LogP contribution in [0.5, 0.6) is 0 Å². The predicted molar refractivity (Wildman–Crippen MR) is 130 cm³/mol. The second-order valence-corrected chi connectivity index (χ2v) is 13.0. The van der Waals surface area contributed by atoms with Gasteiger partial charge in [0, 0.05) is 5.41 Å². The normalized spacial score (nSPS) is 44.9. The van der Waals surface area contributed by atoms with E-state index in [0.717, 1.165) is 25.9 Å². The summed E-state index contributed by atoms with van der Waals surface area (Å²) in [7, 11) is 0. The Morgan fingerprint density at radius 3 is 2.45 bits per heavy atom. The molecule has 1 N–H and O–H groups in total. The maximum Gasteiger partial charge on any atom is 0.0923 e. The van der Waals surface area contributed by atoms with E-state index in [4.69, 9.17) is 4.74 Å². The molecule has 7 atom stereocenters. The molecule has 0 spiro atoms. The molecule has 2 heteroatoms. The highest BCUT2D eigenvalue weighted by atomic mass is 16.5. The van der Waals surface area contributed by atoms with Gasteiger partial charge in [0.1, 0.15) is 0 Å². The Hall–Kier alpha value is -0.600. The number of aliphatic hydroxyl groups is 1. The summed E-state index contributed by atoms with van der Waals surface area (Å²) in [5, 5.41) is 10.8. The Morgan fingerprint density at radius 2 is 1.77 bits per heavy atom. The van der Waals surface area contributed by atoms with Crippen molar-refractivity contribution in [2.75, 3.05) is 6.61 Å². The molecule has 176 valence electrons. The average molecular weight is 429 g/mol. The van der Waals surface area contributed by atoms with Crippen LogP contribution in [0.3, 0.4) is 0 Å². The predicted octanol–water partition coefficient (Wildman–Crippen LogP) is 7.47. The van der Waals surface area contributed by atoms with Gasteiger partial charge in [-0.15, -0.1) is 0 Å². The minimum Gasteiger partial charge on any atom is -0.393 e. The van der Waals surface area contributed by atoms with Crippen molar-refractivity contribution in [3.8, 4) is 0 Å². The van der Waals surface area contributed by atoms with E-state index in [0.29, 0.717) is 17.8 Å². The van der Waals surface area contributed by atoms with Crippen molar-refractivity contribution in [3.63, 3.8) is 0 Å². The lowest BCUT2D eigenvalue weighted by Crippen LogP contribution is -2.57. The van der Waals surface area contributed by atoms with Gasteiger partial charge in [-0.2, -0.15) is 0 Å². The second-order valence-electron chi connectivity index (χ2n) is 13.0. The van der Waals surface area contributed by atoms with Crippen LogP contribution in [0.25, 0.3) is 0 Å². The van der Waals surface area contributed by atoms with Gasteiger partial charge in [-0.05, 0) is 106 Å². The summed E-state index contributed by atoms with van der Waals surface area (Å²) in [6.45, 7) is 20.0. The molecule has 2 nitrogen and oxygen atoms in total. The summed E-state index contributed by atoms with van der Waals surface area (Å²) in [6, 6.07) is 0. The van der Waals surface area contributed by atoms with Crippen LogP contribution >= 0.6 is 0 Å². The first-order valence-electron chi connectivity index (χ1n) is 13.1. The lowest BCUT2D eigenvalue weighted by atomic mass is 9.44. The number of ether oxygens (including phenoxy) is 1. The maximum absolute atomic E-state index is 10.8. The van der Waals surface area contributed by atoms with Crippen molar-refractivity contribution in [3.05, 3.63) is 22.8 Å². The monoisotopic (exact) mass is 428 g/mol. The van der Waals surface area contributed by atoms with Gasteiger partial charge in [0.25, 0.3) is 0 Å². The van der Waals surface area contributed by atoms with Gasteiger partial charge in [-0.25, -0.2) is 0 Å². The topological polar surface area (TPSA) is 29.5 Å². The van der Waals surface area contributed by atoms with Crippen LogP contribution in [0.2, 0.25) is 0 Å². The minimum absolute atomic E-state index is 0.00565. The van der Waals surface area contributed by atoms with Crippen molar-refractivity contribution in [1.29, 1.82) is 0 Å². The highest BCUT2D eigenvalue weighted by Gasteiger charge is 2.64. The average Bonchev–Trinajstić information content (AvgIpc) is 2.96. The third kappa shape index (κ3) is 3.33. The zero-order valence-electron chi connectivity index (χ0n) is 21.6. The molecule has 0 aromatic rings. The molecule has 1 heterocycles. The molecule has 3 aliphatic carbocycles. The maximum atomic E-state index is 10.8. The Labute approximate surface area is 191 Å².